The maximum atomic E-state index is 12.0. The summed E-state index contributed by atoms with van der Waals surface area (Å²) in [7, 11) is 0. The lowest BCUT2D eigenvalue weighted by Crippen LogP contribution is -2.63. The van der Waals surface area contributed by atoms with Gasteiger partial charge in [0.1, 0.15) is 6.23 Å². The van der Waals surface area contributed by atoms with E-state index in [0.29, 0.717) is 0 Å². The second-order valence-electron chi connectivity index (χ2n) is 7.12. The number of urea groups is 1. The van der Waals surface area contributed by atoms with Crippen LogP contribution in [0.1, 0.15) is 53.4 Å². The van der Waals surface area contributed by atoms with Crippen molar-refractivity contribution in [2.75, 3.05) is 6.61 Å². The van der Waals surface area contributed by atoms with Gasteiger partial charge < -0.3 is 20.7 Å². The van der Waals surface area contributed by atoms with Crippen molar-refractivity contribution in [2.45, 2.75) is 76.7 Å². The largest absolute Gasteiger partial charge is 0.358 e. The highest BCUT2D eigenvalue weighted by Crippen LogP contribution is 2.28. The molecule has 0 aromatic carbocycles. The molecule has 0 saturated carbocycles. The Bertz CT molecular complexity index is 320. The molecule has 2 saturated heterocycles. The third kappa shape index (κ3) is 4.35. The first-order chi connectivity index (χ1) is 8.76. The van der Waals surface area contributed by atoms with E-state index in [0.717, 1.165) is 32.3 Å². The van der Waals surface area contributed by atoms with Crippen molar-refractivity contribution in [3.8, 4) is 0 Å². The average Bonchev–Trinajstić information content (AvgIpc) is 2.63. The van der Waals surface area contributed by atoms with E-state index in [2.05, 4.69) is 43.6 Å². The third-order valence-corrected chi connectivity index (χ3v) is 3.75. The molecule has 2 fully saturated rings. The van der Waals surface area contributed by atoms with Gasteiger partial charge in [-0.1, -0.05) is 0 Å². The van der Waals surface area contributed by atoms with Crippen LogP contribution >= 0.6 is 0 Å². The lowest BCUT2D eigenvalue weighted by molar-refractivity contribution is 0.0881. The maximum absolute atomic E-state index is 12.0. The first-order valence-corrected chi connectivity index (χ1v) is 7.24. The fourth-order valence-corrected chi connectivity index (χ4v) is 3.49. The van der Waals surface area contributed by atoms with Gasteiger partial charge in [-0.15, -0.1) is 0 Å². The molecular weight excluding hydrogens is 242 g/mol. The van der Waals surface area contributed by atoms with E-state index < -0.39 is 0 Å². The van der Waals surface area contributed by atoms with Gasteiger partial charge in [-0.05, 0) is 53.4 Å². The van der Waals surface area contributed by atoms with Gasteiger partial charge in [0, 0.05) is 23.7 Å². The molecule has 0 spiro atoms. The molecule has 0 aliphatic carbocycles. The molecule has 110 valence electrons. The molecule has 2 aliphatic heterocycles. The lowest BCUT2D eigenvalue weighted by atomic mass is 9.80. The topological polar surface area (TPSA) is 62.4 Å². The predicted octanol–water partition coefficient (Wildman–Crippen LogP) is 1.73. The van der Waals surface area contributed by atoms with Crippen molar-refractivity contribution in [2.24, 2.45) is 0 Å². The number of carbonyl (C=O) groups is 1. The summed E-state index contributed by atoms with van der Waals surface area (Å²) in [5.41, 5.74) is 0.0904. The minimum Gasteiger partial charge on any atom is -0.358 e. The van der Waals surface area contributed by atoms with E-state index in [1.165, 1.54) is 0 Å². The minimum absolute atomic E-state index is 0.0452. The van der Waals surface area contributed by atoms with Crippen molar-refractivity contribution >= 4 is 6.03 Å². The summed E-state index contributed by atoms with van der Waals surface area (Å²) in [6, 6.07) is 0.0954. The predicted molar refractivity (Wildman–Crippen MR) is 75.0 cm³/mol. The zero-order chi connectivity index (χ0) is 14.1. The van der Waals surface area contributed by atoms with Crippen molar-refractivity contribution in [1.29, 1.82) is 0 Å². The minimum atomic E-state index is -0.109. The van der Waals surface area contributed by atoms with Crippen LogP contribution in [0.25, 0.3) is 0 Å². The van der Waals surface area contributed by atoms with E-state index in [1.807, 2.05) is 0 Å². The van der Waals surface area contributed by atoms with Crippen LogP contribution < -0.4 is 16.0 Å². The third-order valence-electron chi connectivity index (χ3n) is 3.75. The van der Waals surface area contributed by atoms with Gasteiger partial charge in [-0.2, -0.15) is 0 Å². The second kappa shape index (κ2) is 5.29. The molecule has 0 aromatic rings. The van der Waals surface area contributed by atoms with Gasteiger partial charge in [-0.3, -0.25) is 0 Å². The van der Waals surface area contributed by atoms with Gasteiger partial charge in [0.05, 0.1) is 0 Å². The Labute approximate surface area is 115 Å². The average molecular weight is 269 g/mol. The molecule has 5 heteroatoms. The fraction of sp³-hybridized carbons (Fsp3) is 0.929. The normalized spacial score (nSPS) is 30.0. The van der Waals surface area contributed by atoms with E-state index in [9.17, 15) is 4.79 Å². The molecular formula is C14H27N3O2. The van der Waals surface area contributed by atoms with Gasteiger partial charge in [-0.25, -0.2) is 4.79 Å². The number of nitrogens with one attached hydrogen (secondary N) is 3. The number of piperidine rings is 1. The Morgan fingerprint density at radius 2 is 1.79 bits per heavy atom. The fourth-order valence-electron chi connectivity index (χ4n) is 3.49. The lowest BCUT2D eigenvalue weighted by Gasteiger charge is -2.46. The molecule has 3 N–H and O–H groups in total. The molecule has 19 heavy (non-hydrogen) atoms. The van der Waals surface area contributed by atoms with Crippen molar-refractivity contribution in [1.82, 2.24) is 16.0 Å². The molecule has 1 atom stereocenters. The Hall–Kier alpha value is -0.810. The van der Waals surface area contributed by atoms with E-state index in [-0.39, 0.29) is 29.4 Å². The number of carbonyl (C=O) groups excluding carboxylic acids is 1. The SMILES string of the molecule is CC1(C)CC(NC(=O)NC2CCCO2)CC(C)(C)N1. The van der Waals surface area contributed by atoms with Gasteiger partial charge in [0.25, 0.3) is 0 Å². The van der Waals surface area contributed by atoms with E-state index >= 15 is 0 Å². The molecule has 2 amide bonds. The number of hydrogen-bond acceptors (Lipinski definition) is 3. The standard InChI is InChI=1S/C14H27N3O2/c1-13(2)8-10(9-14(3,4)17-13)15-12(18)16-11-6-5-7-19-11/h10-11,17H,5-9H2,1-4H3,(H2,15,16,18). The summed E-state index contributed by atoms with van der Waals surface area (Å²) >= 11 is 0. The number of hydrogen-bond donors (Lipinski definition) is 3. The zero-order valence-electron chi connectivity index (χ0n) is 12.5. The second-order valence-corrected chi connectivity index (χ2v) is 7.12. The van der Waals surface area contributed by atoms with E-state index in [1.54, 1.807) is 0 Å². The summed E-state index contributed by atoms with van der Waals surface area (Å²) in [6.45, 7) is 9.47. The van der Waals surface area contributed by atoms with Crippen LogP contribution in [0.4, 0.5) is 4.79 Å². The molecule has 2 aliphatic rings. The Morgan fingerprint density at radius 1 is 1.16 bits per heavy atom. The quantitative estimate of drug-likeness (QED) is 0.715. The van der Waals surface area contributed by atoms with Crippen molar-refractivity contribution < 1.29 is 9.53 Å². The molecule has 0 radical (unpaired) electrons. The van der Waals surface area contributed by atoms with Crippen LogP contribution in [0.15, 0.2) is 0 Å². The van der Waals surface area contributed by atoms with Crippen LogP contribution in [0.3, 0.4) is 0 Å². The molecule has 5 nitrogen and oxygen atoms in total. The van der Waals surface area contributed by atoms with Crippen molar-refractivity contribution in [3.63, 3.8) is 0 Å². The highest BCUT2D eigenvalue weighted by Gasteiger charge is 2.38. The van der Waals surface area contributed by atoms with Crippen LogP contribution in [0.2, 0.25) is 0 Å². The number of amides is 2. The first-order valence-electron chi connectivity index (χ1n) is 7.24. The van der Waals surface area contributed by atoms with Gasteiger partial charge in [0.2, 0.25) is 0 Å². The maximum Gasteiger partial charge on any atom is 0.317 e. The van der Waals surface area contributed by atoms with Crippen LogP contribution in [-0.2, 0) is 4.74 Å². The monoisotopic (exact) mass is 269 g/mol. The molecule has 1 unspecified atom stereocenters. The zero-order valence-corrected chi connectivity index (χ0v) is 12.5. The smallest absolute Gasteiger partial charge is 0.317 e. The summed E-state index contributed by atoms with van der Waals surface area (Å²) in [4.78, 5) is 12.0. The highest BCUT2D eigenvalue weighted by molar-refractivity contribution is 5.74. The van der Waals surface area contributed by atoms with Crippen LogP contribution in [0, 0.1) is 0 Å². The van der Waals surface area contributed by atoms with Gasteiger partial charge in [0.15, 0.2) is 0 Å². The molecule has 0 bridgehead atoms. The summed E-state index contributed by atoms with van der Waals surface area (Å²) in [5, 5.41) is 9.59. The molecule has 0 aromatic heterocycles. The Kier molecular flexibility index (Phi) is 4.06. The van der Waals surface area contributed by atoms with Crippen molar-refractivity contribution in [3.05, 3.63) is 0 Å². The Morgan fingerprint density at radius 3 is 2.32 bits per heavy atom. The summed E-state index contributed by atoms with van der Waals surface area (Å²) < 4.78 is 5.41. The first kappa shape index (κ1) is 14.6. The van der Waals surface area contributed by atoms with Crippen LogP contribution in [-0.4, -0.2) is 36.0 Å². The number of rotatable bonds is 2. The summed E-state index contributed by atoms with van der Waals surface area (Å²) in [6.07, 6.45) is 3.71. The number of ether oxygens (including phenoxy) is 1. The summed E-state index contributed by atoms with van der Waals surface area (Å²) in [5.74, 6) is 0. The Balaban J connectivity index is 1.85. The van der Waals surface area contributed by atoms with Gasteiger partial charge >= 0.3 is 6.03 Å². The van der Waals surface area contributed by atoms with E-state index in [4.69, 9.17) is 4.74 Å². The highest BCUT2D eigenvalue weighted by atomic mass is 16.5. The molecule has 2 rings (SSSR count). The van der Waals surface area contributed by atoms with Crippen LogP contribution in [0.5, 0.6) is 0 Å². The molecule has 2 heterocycles.